The second-order valence-electron chi connectivity index (χ2n) is 10.8. The second-order valence-corrected chi connectivity index (χ2v) is 13.4. The topological polar surface area (TPSA) is 0 Å². The molecule has 6 aromatic carbocycles. The molecule has 0 saturated heterocycles. The summed E-state index contributed by atoms with van der Waals surface area (Å²) in [6.07, 6.45) is 2.74. The van der Waals surface area contributed by atoms with E-state index in [0.717, 1.165) is 0 Å². The molecule has 2 heteroatoms. The van der Waals surface area contributed by atoms with Gasteiger partial charge in [-0.1, -0.05) is 171 Å². The fourth-order valence-corrected chi connectivity index (χ4v) is 9.02. The quantitative estimate of drug-likeness (QED) is 0.136. The van der Waals surface area contributed by atoms with Crippen LogP contribution in [0.5, 0.6) is 0 Å². The molecule has 0 aromatic heterocycles. The van der Waals surface area contributed by atoms with Crippen LogP contribution in [-0.4, -0.2) is 12.3 Å². The lowest BCUT2D eigenvalue weighted by atomic mass is 9.13. The number of hydrogen-bond donors (Lipinski definition) is 0. The number of unbranched alkanes of at least 4 members (excludes halogenated alkanes) is 1. The molecule has 0 amide bonds. The summed E-state index contributed by atoms with van der Waals surface area (Å²) in [5.74, 6) is 0. The average Bonchev–Trinajstić information content (AvgIpc) is 3.09. The van der Waals surface area contributed by atoms with Crippen LogP contribution in [0.2, 0.25) is 0 Å². The molecule has 0 aliphatic carbocycles. The fourth-order valence-electron chi connectivity index (χ4n) is 6.21. The molecular formula is C40H40BP. The minimum atomic E-state index is -1.22. The molecule has 0 N–H and O–H groups in total. The molecule has 0 spiro atoms. The Balaban J connectivity index is 0.000000181. The standard InChI is InChI=1S/C24H20B.C16H19P/c1-5-13-21(14-6-1)25(22-15-7-2-8-16-22,23-17-9-3-10-18-23)24-19-11-4-12-20-24;1-2-3-14-17(15-10-6-4-7-11-15)16-12-8-5-9-13-16/h1-20H;4-13H,2-3,14H2,1H3/q-1;/p+1. The van der Waals surface area contributed by atoms with Crippen LogP contribution in [-0.2, 0) is 0 Å². The van der Waals surface area contributed by atoms with Gasteiger partial charge in [-0.15, -0.1) is 0 Å². The van der Waals surface area contributed by atoms with E-state index >= 15 is 0 Å². The lowest BCUT2D eigenvalue weighted by molar-refractivity contribution is 0.894. The van der Waals surface area contributed by atoms with Crippen LogP contribution in [0, 0.1) is 0 Å². The molecule has 0 fully saturated rings. The van der Waals surface area contributed by atoms with Gasteiger partial charge in [-0.05, 0) is 30.7 Å². The Morgan fingerprint density at radius 3 is 0.905 bits per heavy atom. The zero-order valence-corrected chi connectivity index (χ0v) is 25.5. The normalized spacial score (nSPS) is 11.0. The van der Waals surface area contributed by atoms with Crippen molar-refractivity contribution in [1.29, 1.82) is 0 Å². The Morgan fingerprint density at radius 1 is 0.381 bits per heavy atom. The van der Waals surface area contributed by atoms with Gasteiger partial charge < -0.3 is 0 Å². The minimum absolute atomic E-state index is 0.562. The van der Waals surface area contributed by atoms with Gasteiger partial charge in [-0.3, -0.25) is 0 Å². The first-order valence-electron chi connectivity index (χ1n) is 15.2. The molecule has 6 rings (SSSR count). The van der Waals surface area contributed by atoms with Crippen molar-refractivity contribution in [2.24, 2.45) is 0 Å². The summed E-state index contributed by atoms with van der Waals surface area (Å²) in [4.78, 5) is 0. The summed E-state index contributed by atoms with van der Waals surface area (Å²) in [5.41, 5.74) is 5.36. The van der Waals surface area contributed by atoms with Crippen LogP contribution < -0.4 is 32.5 Å². The number of hydrogen-bond acceptors (Lipinski definition) is 0. The van der Waals surface area contributed by atoms with E-state index in [2.05, 4.69) is 189 Å². The molecule has 42 heavy (non-hydrogen) atoms. The average molecular weight is 563 g/mol. The van der Waals surface area contributed by atoms with Crippen molar-refractivity contribution in [3.63, 3.8) is 0 Å². The Kier molecular flexibility index (Phi) is 10.6. The molecule has 0 aliphatic heterocycles. The Hall–Kier alpha value is -4.19. The maximum Gasteiger partial charge on any atom is 0.108 e. The van der Waals surface area contributed by atoms with E-state index in [1.807, 2.05) is 0 Å². The predicted octanol–water partition coefficient (Wildman–Crippen LogP) is 6.72. The summed E-state index contributed by atoms with van der Waals surface area (Å²) < 4.78 is 0. The van der Waals surface area contributed by atoms with Gasteiger partial charge >= 0.3 is 0 Å². The zero-order chi connectivity index (χ0) is 28.9. The molecule has 0 nitrogen and oxygen atoms in total. The van der Waals surface area contributed by atoms with Crippen molar-refractivity contribution in [1.82, 2.24) is 0 Å². The van der Waals surface area contributed by atoms with Gasteiger partial charge in [0.1, 0.15) is 6.15 Å². The Morgan fingerprint density at radius 2 is 0.643 bits per heavy atom. The highest BCUT2D eigenvalue weighted by Crippen LogP contribution is 2.34. The van der Waals surface area contributed by atoms with E-state index in [1.165, 1.54) is 51.5 Å². The molecule has 0 unspecified atom stereocenters. The fraction of sp³-hybridized carbons (Fsp3) is 0.100. The molecule has 0 atom stereocenters. The van der Waals surface area contributed by atoms with E-state index in [4.69, 9.17) is 0 Å². The van der Waals surface area contributed by atoms with E-state index in [9.17, 15) is 0 Å². The summed E-state index contributed by atoms with van der Waals surface area (Å²) in [6, 6.07) is 65.5. The van der Waals surface area contributed by atoms with Gasteiger partial charge in [0.25, 0.3) is 0 Å². The Bertz CT molecular complexity index is 1370. The lowest BCUT2D eigenvalue weighted by Gasteiger charge is -2.44. The van der Waals surface area contributed by atoms with Crippen molar-refractivity contribution in [2.75, 3.05) is 6.16 Å². The molecule has 0 saturated carbocycles. The van der Waals surface area contributed by atoms with Crippen molar-refractivity contribution in [2.45, 2.75) is 19.8 Å². The van der Waals surface area contributed by atoms with Gasteiger partial charge in [0.05, 0.1) is 24.7 Å². The van der Waals surface area contributed by atoms with Gasteiger partial charge in [0.2, 0.25) is 0 Å². The molecule has 0 aliphatic rings. The second kappa shape index (κ2) is 15.2. The summed E-state index contributed by atoms with van der Waals surface area (Å²) in [7, 11) is -0.562. The third-order valence-electron chi connectivity index (χ3n) is 8.22. The monoisotopic (exact) mass is 562 g/mol. The van der Waals surface area contributed by atoms with Gasteiger partial charge in [-0.25, -0.2) is 0 Å². The van der Waals surface area contributed by atoms with Crippen molar-refractivity contribution < 1.29 is 0 Å². The van der Waals surface area contributed by atoms with Gasteiger partial charge in [0.15, 0.2) is 0 Å². The minimum Gasteiger partial charge on any atom is -0.195 e. The SMILES string of the molecule is CCCC[PH+](c1ccccc1)c1ccccc1.c1ccc([B-](c2ccccc2)(c2ccccc2)c2ccccc2)cc1. The summed E-state index contributed by atoms with van der Waals surface area (Å²) in [6.45, 7) is 2.27. The van der Waals surface area contributed by atoms with Crippen molar-refractivity contribution in [3.05, 3.63) is 182 Å². The van der Waals surface area contributed by atoms with E-state index in [1.54, 1.807) is 0 Å². The number of benzene rings is 6. The van der Waals surface area contributed by atoms with Gasteiger partial charge in [-0.2, -0.15) is 21.9 Å². The highest BCUT2D eigenvalue weighted by atomic mass is 31.1. The first-order valence-corrected chi connectivity index (χ1v) is 16.9. The smallest absolute Gasteiger partial charge is 0.108 e. The van der Waals surface area contributed by atoms with Crippen molar-refractivity contribution >= 4 is 46.5 Å². The van der Waals surface area contributed by atoms with Crippen LogP contribution in [0.25, 0.3) is 0 Å². The zero-order valence-electron chi connectivity index (χ0n) is 24.5. The van der Waals surface area contributed by atoms with Crippen LogP contribution in [0.1, 0.15) is 19.8 Å². The summed E-state index contributed by atoms with van der Waals surface area (Å²) in [5, 5.41) is 3.08. The van der Waals surface area contributed by atoms with Crippen molar-refractivity contribution in [3.8, 4) is 0 Å². The van der Waals surface area contributed by atoms with E-state index < -0.39 is 14.1 Å². The maximum absolute atomic E-state index is 2.29. The highest BCUT2D eigenvalue weighted by molar-refractivity contribution is 7.73. The molecule has 0 heterocycles. The van der Waals surface area contributed by atoms with Crippen LogP contribution in [0.4, 0.5) is 0 Å². The molecule has 208 valence electrons. The number of rotatable bonds is 9. The van der Waals surface area contributed by atoms with Crippen LogP contribution >= 0.6 is 7.92 Å². The van der Waals surface area contributed by atoms with Crippen LogP contribution in [0.15, 0.2) is 182 Å². The van der Waals surface area contributed by atoms with E-state index in [0.29, 0.717) is 0 Å². The summed E-state index contributed by atoms with van der Waals surface area (Å²) >= 11 is 0. The molecule has 0 bridgehead atoms. The maximum atomic E-state index is 2.29. The molecule has 6 aromatic rings. The van der Waals surface area contributed by atoms with E-state index in [-0.39, 0.29) is 0 Å². The largest absolute Gasteiger partial charge is 0.195 e. The third-order valence-corrected chi connectivity index (χ3v) is 11.1. The third kappa shape index (κ3) is 6.81. The van der Waals surface area contributed by atoms with Crippen LogP contribution in [0.3, 0.4) is 0 Å². The molecule has 0 radical (unpaired) electrons. The highest BCUT2D eigenvalue weighted by Gasteiger charge is 2.31. The van der Waals surface area contributed by atoms with Gasteiger partial charge in [0, 0.05) is 0 Å². The first kappa shape index (κ1) is 29.3. The first-order chi connectivity index (χ1) is 20.8. The molecular weight excluding hydrogens is 522 g/mol. The Labute approximate surface area is 253 Å². The predicted molar refractivity (Wildman–Crippen MR) is 190 cm³/mol. The lowest BCUT2D eigenvalue weighted by Crippen LogP contribution is -2.74.